The first-order valence-electron chi connectivity index (χ1n) is 16.2. The minimum absolute atomic E-state index is 0.0397. The lowest BCUT2D eigenvalue weighted by molar-refractivity contribution is -0.215. The van der Waals surface area contributed by atoms with Gasteiger partial charge in [0, 0.05) is 40.8 Å². The summed E-state index contributed by atoms with van der Waals surface area (Å²) in [5, 5.41) is 0.544. The number of carbonyl (C=O) groups is 1. The summed E-state index contributed by atoms with van der Waals surface area (Å²) in [4.78, 5) is 16.1. The Morgan fingerprint density at radius 1 is 1.07 bits per heavy atom. The van der Waals surface area contributed by atoms with E-state index in [0.717, 1.165) is 81.1 Å². The number of benzene rings is 2. The Hall–Kier alpha value is -2.22. The van der Waals surface area contributed by atoms with Gasteiger partial charge < -0.3 is 14.4 Å². The van der Waals surface area contributed by atoms with E-state index in [1.54, 1.807) is 6.07 Å². The first-order valence-corrected chi connectivity index (χ1v) is 18.4. The molecule has 1 unspecified atom stereocenters. The highest BCUT2D eigenvalue weighted by Gasteiger charge is 2.53. The Morgan fingerprint density at radius 3 is 2.65 bits per heavy atom. The molecular weight excluding hydrogens is 580 g/mol. The largest absolute Gasteiger partial charge is 0.490 e. The molecule has 232 valence electrons. The van der Waals surface area contributed by atoms with Crippen LogP contribution in [-0.4, -0.2) is 53.1 Å². The molecule has 8 heteroatoms. The highest BCUT2D eigenvalue weighted by atomic mass is 35.5. The van der Waals surface area contributed by atoms with Crippen LogP contribution in [0.25, 0.3) is 0 Å². The fourth-order valence-electron chi connectivity index (χ4n) is 8.70. The molecule has 1 saturated carbocycles. The predicted octanol–water partition coefficient (Wildman–Crippen LogP) is 6.57. The maximum absolute atomic E-state index is 13.7. The molecule has 7 rings (SSSR count). The summed E-state index contributed by atoms with van der Waals surface area (Å²) in [6.07, 6.45) is 9.70. The highest BCUT2D eigenvalue weighted by Crippen LogP contribution is 2.53. The number of nitrogens with one attached hydrogen (secondary N) is 1. The fourth-order valence-corrected chi connectivity index (χ4v) is 10.4. The van der Waals surface area contributed by atoms with Crippen molar-refractivity contribution in [3.8, 4) is 5.75 Å². The first kappa shape index (κ1) is 29.5. The summed E-state index contributed by atoms with van der Waals surface area (Å²) >= 11 is 6.44. The van der Waals surface area contributed by atoms with Crippen LogP contribution >= 0.6 is 11.6 Å². The summed E-state index contributed by atoms with van der Waals surface area (Å²) in [7, 11) is -2.85. The van der Waals surface area contributed by atoms with E-state index in [1.165, 1.54) is 24.0 Å². The summed E-state index contributed by atoms with van der Waals surface area (Å²) in [5.41, 5.74) is 3.89. The zero-order chi connectivity index (χ0) is 30.0. The molecule has 1 N–H and O–H groups in total. The number of anilines is 1. The monoisotopic (exact) mass is 624 g/mol. The maximum Gasteiger partial charge on any atom is 0.262 e. The van der Waals surface area contributed by atoms with E-state index >= 15 is 0 Å². The smallest absolute Gasteiger partial charge is 0.262 e. The number of aryl methyl sites for hydroxylation is 1. The molecule has 1 saturated heterocycles. The van der Waals surface area contributed by atoms with Crippen LogP contribution in [0.5, 0.6) is 5.75 Å². The van der Waals surface area contributed by atoms with Gasteiger partial charge in [0.2, 0.25) is 0 Å². The molecule has 3 heterocycles. The molecule has 43 heavy (non-hydrogen) atoms. The van der Waals surface area contributed by atoms with Gasteiger partial charge >= 0.3 is 0 Å². The van der Waals surface area contributed by atoms with Gasteiger partial charge in [0.1, 0.15) is 5.75 Å². The zero-order valence-corrected chi connectivity index (χ0v) is 27.1. The molecule has 2 spiro atoms. The number of amides is 1. The molecule has 3 aliphatic heterocycles. The molecule has 5 aliphatic rings. The Balaban J connectivity index is 1.30. The lowest BCUT2D eigenvalue weighted by atomic mass is 9.60. The van der Waals surface area contributed by atoms with Crippen LogP contribution in [0.3, 0.4) is 0 Å². The molecule has 2 aromatic rings. The number of carbonyl (C=O) groups excluding carboxylic acids is 1. The molecule has 2 fully saturated rings. The van der Waals surface area contributed by atoms with Gasteiger partial charge in [-0.05, 0) is 117 Å². The van der Waals surface area contributed by atoms with E-state index in [4.69, 9.17) is 21.1 Å². The average molecular weight is 625 g/mol. The molecule has 7 atom stereocenters. The summed E-state index contributed by atoms with van der Waals surface area (Å²) in [6.45, 7) is 7.25. The summed E-state index contributed by atoms with van der Waals surface area (Å²) in [5.74, 6) is 5.73. The van der Waals surface area contributed by atoms with Crippen LogP contribution in [0.15, 0.2) is 36.4 Å². The van der Waals surface area contributed by atoms with Gasteiger partial charge in [0.25, 0.3) is 5.91 Å². The topological polar surface area (TPSA) is 67.9 Å². The van der Waals surface area contributed by atoms with Crippen LogP contribution in [0.1, 0.15) is 86.7 Å². The fraction of sp³-hybridized carbons (Fsp3) is 0.600. The quantitative estimate of drug-likeness (QED) is 0.336. The van der Waals surface area contributed by atoms with Crippen molar-refractivity contribution in [3.63, 3.8) is 0 Å². The molecule has 0 radical (unpaired) electrons. The molecule has 1 amide bonds. The van der Waals surface area contributed by atoms with Gasteiger partial charge in [-0.2, -0.15) is 0 Å². The molecule has 6 nitrogen and oxygen atoms in total. The number of nitrogens with zero attached hydrogens (tertiary/aromatic N) is 1. The Kier molecular flexibility index (Phi) is 7.54. The number of hydrogen-bond acceptors (Lipinski definition) is 5. The molecule has 2 bridgehead atoms. The zero-order valence-electron chi connectivity index (χ0n) is 25.5. The van der Waals surface area contributed by atoms with Crippen molar-refractivity contribution in [2.75, 3.05) is 31.2 Å². The first-order chi connectivity index (χ1) is 20.6. The highest BCUT2D eigenvalue weighted by molar-refractivity contribution is 7.99. The van der Waals surface area contributed by atoms with Crippen molar-refractivity contribution >= 4 is 38.8 Å². The summed E-state index contributed by atoms with van der Waals surface area (Å²) < 4.78 is 29.7. The van der Waals surface area contributed by atoms with Crippen molar-refractivity contribution < 1.29 is 18.5 Å². The third-order valence-electron chi connectivity index (χ3n) is 11.7. The van der Waals surface area contributed by atoms with Crippen molar-refractivity contribution in [1.82, 2.24) is 4.72 Å². The van der Waals surface area contributed by atoms with E-state index in [1.807, 2.05) is 25.1 Å². The third-order valence-corrected chi connectivity index (χ3v) is 14.1. The maximum atomic E-state index is 13.7. The number of halogens is 1. The number of hydrogen-bond donors (Lipinski definition) is 1. The van der Waals surface area contributed by atoms with Crippen LogP contribution in [0.4, 0.5) is 5.69 Å². The Labute approximate surface area is 262 Å². The van der Waals surface area contributed by atoms with E-state index in [0.29, 0.717) is 24.0 Å². The van der Waals surface area contributed by atoms with Gasteiger partial charge in [-0.15, -0.1) is 0 Å². The Bertz CT molecular complexity index is 1520. The minimum atomic E-state index is -2.85. The lowest BCUT2D eigenvalue weighted by Crippen LogP contribution is -2.58. The average Bonchev–Trinajstić information content (AvgIpc) is 3.09. The van der Waals surface area contributed by atoms with Crippen molar-refractivity contribution in [2.45, 2.75) is 87.9 Å². The van der Waals surface area contributed by atoms with Crippen LogP contribution in [0.2, 0.25) is 5.02 Å². The van der Waals surface area contributed by atoms with Gasteiger partial charge in [-0.1, -0.05) is 31.0 Å². The third kappa shape index (κ3) is 5.17. The van der Waals surface area contributed by atoms with E-state index in [-0.39, 0.29) is 28.1 Å². The van der Waals surface area contributed by atoms with Gasteiger partial charge in [-0.25, -0.2) is 4.21 Å². The van der Waals surface area contributed by atoms with Gasteiger partial charge in [0.05, 0.1) is 34.2 Å². The lowest BCUT2D eigenvalue weighted by Gasteiger charge is -2.56. The SMILES string of the molecule is C=S1(=O)NC(=O)c2ccc3c(c2)N(C[C@@H]2CC[C@H]2[C@]2(CCC[C@H](C)[C@H]1C)CCO2)C[C@@]1(CCCc2cc(Cl)ccc21)CO3. The molecule has 2 aromatic carbocycles. The van der Waals surface area contributed by atoms with Crippen molar-refractivity contribution in [2.24, 2.45) is 17.8 Å². The van der Waals surface area contributed by atoms with E-state index in [9.17, 15) is 9.00 Å². The van der Waals surface area contributed by atoms with Gasteiger partial charge in [-0.3, -0.25) is 9.52 Å². The number of fused-ring (bicyclic) bond motifs is 5. The second-order valence-electron chi connectivity index (χ2n) is 14.1. The van der Waals surface area contributed by atoms with E-state index < -0.39 is 9.71 Å². The van der Waals surface area contributed by atoms with Crippen molar-refractivity contribution in [1.29, 1.82) is 0 Å². The second kappa shape index (κ2) is 11.0. The molecule has 0 aromatic heterocycles. The Morgan fingerprint density at radius 2 is 1.91 bits per heavy atom. The summed E-state index contributed by atoms with van der Waals surface area (Å²) in [6, 6.07) is 12.0. The predicted molar refractivity (Wildman–Crippen MR) is 175 cm³/mol. The van der Waals surface area contributed by atoms with Crippen LogP contribution in [-0.2, 0) is 26.3 Å². The number of rotatable bonds is 0. The minimum Gasteiger partial charge on any atom is -0.490 e. The standard InChI is InChI=1S/C35H45ClN2O4S/c1-23-6-4-15-35(16-17-42-35)30-11-8-27(30)20-38-21-34(14-5-7-25-18-28(36)10-12-29(25)34)22-41-32-13-9-26(19-31(32)38)33(39)37-43(3,40)24(23)2/h9-10,12-13,18-19,23-24,27,30H,3-8,11,14-17,20-22H2,1-2H3,(H,37,39,40)/t23-,24+,27-,30+,34-,35-,43?/m0/s1. The van der Waals surface area contributed by atoms with Crippen molar-refractivity contribution in [3.05, 3.63) is 58.1 Å². The van der Waals surface area contributed by atoms with Gasteiger partial charge in [0.15, 0.2) is 0 Å². The molecular formula is C35H45ClN2O4S. The second-order valence-corrected chi connectivity index (χ2v) is 17.0. The number of ether oxygens (including phenoxy) is 2. The van der Waals surface area contributed by atoms with Crippen LogP contribution < -0.4 is 14.4 Å². The van der Waals surface area contributed by atoms with E-state index in [2.05, 4.69) is 34.5 Å². The van der Waals surface area contributed by atoms with Crippen LogP contribution in [0, 0.1) is 17.8 Å². The normalized spacial score (nSPS) is 37.7. The molecule has 2 aliphatic carbocycles.